The van der Waals surface area contributed by atoms with Gasteiger partial charge < -0.3 is 20.6 Å². The van der Waals surface area contributed by atoms with Crippen molar-refractivity contribution in [3.63, 3.8) is 0 Å². The van der Waals surface area contributed by atoms with Gasteiger partial charge in [0.25, 0.3) is 0 Å². The van der Waals surface area contributed by atoms with Crippen LogP contribution in [0.25, 0.3) is 0 Å². The van der Waals surface area contributed by atoms with Crippen LogP contribution in [0.5, 0.6) is 0 Å². The number of hydrogen-bond acceptors (Lipinski definition) is 3. The van der Waals surface area contributed by atoms with Crippen molar-refractivity contribution in [2.24, 2.45) is 5.41 Å². The minimum Gasteiger partial charge on any atom is -0.396 e. The van der Waals surface area contributed by atoms with Crippen LogP contribution in [0, 0.1) is 5.41 Å². The molecule has 5 heteroatoms. The molecule has 0 aromatic heterocycles. The van der Waals surface area contributed by atoms with Crippen molar-refractivity contribution in [1.82, 2.24) is 5.32 Å². The molecule has 0 aliphatic heterocycles. The van der Waals surface area contributed by atoms with Crippen molar-refractivity contribution in [2.45, 2.75) is 19.8 Å². The van der Waals surface area contributed by atoms with E-state index >= 15 is 0 Å². The summed E-state index contributed by atoms with van der Waals surface area (Å²) >= 11 is 0. The zero-order chi connectivity index (χ0) is 14.6. The highest BCUT2D eigenvalue weighted by Crippen LogP contribution is 2.44. The number of benzene rings is 1. The number of aliphatic hydroxyl groups is 1. The summed E-state index contributed by atoms with van der Waals surface area (Å²) in [4.78, 5) is 13.9. The predicted molar refractivity (Wildman–Crippen MR) is 81.2 cm³/mol. The summed E-state index contributed by atoms with van der Waals surface area (Å²) in [7, 11) is 2.01. The molecular weight excluding hydrogens is 254 g/mol. The van der Waals surface area contributed by atoms with E-state index in [0.717, 1.165) is 30.8 Å². The van der Waals surface area contributed by atoms with Gasteiger partial charge in [0.05, 0.1) is 6.61 Å². The summed E-state index contributed by atoms with van der Waals surface area (Å²) in [5.41, 5.74) is 1.77. The van der Waals surface area contributed by atoms with Crippen LogP contribution in [0.15, 0.2) is 24.3 Å². The summed E-state index contributed by atoms with van der Waals surface area (Å²) < 4.78 is 0. The van der Waals surface area contributed by atoms with Crippen LogP contribution in [0.4, 0.5) is 16.2 Å². The van der Waals surface area contributed by atoms with Crippen LogP contribution >= 0.6 is 0 Å². The van der Waals surface area contributed by atoms with Crippen molar-refractivity contribution in [3.8, 4) is 0 Å². The number of carbonyl (C=O) groups is 1. The van der Waals surface area contributed by atoms with E-state index in [1.165, 1.54) is 0 Å². The van der Waals surface area contributed by atoms with Crippen LogP contribution < -0.4 is 15.5 Å². The highest BCUT2D eigenvalue weighted by molar-refractivity contribution is 5.89. The number of urea groups is 1. The van der Waals surface area contributed by atoms with Crippen LogP contribution in [-0.2, 0) is 0 Å². The van der Waals surface area contributed by atoms with Gasteiger partial charge >= 0.3 is 6.03 Å². The van der Waals surface area contributed by atoms with Crippen molar-refractivity contribution in [2.75, 3.05) is 37.0 Å². The van der Waals surface area contributed by atoms with Gasteiger partial charge in [-0.15, -0.1) is 0 Å². The van der Waals surface area contributed by atoms with E-state index in [4.69, 9.17) is 0 Å². The summed E-state index contributed by atoms with van der Waals surface area (Å²) in [6.45, 7) is 3.67. The third kappa shape index (κ3) is 3.63. The number of nitrogens with one attached hydrogen (secondary N) is 2. The van der Waals surface area contributed by atoms with Gasteiger partial charge in [-0.25, -0.2) is 4.79 Å². The second-order valence-corrected chi connectivity index (χ2v) is 5.53. The fourth-order valence-electron chi connectivity index (χ4n) is 2.01. The molecule has 5 nitrogen and oxygen atoms in total. The number of rotatable bonds is 6. The smallest absolute Gasteiger partial charge is 0.319 e. The van der Waals surface area contributed by atoms with E-state index in [2.05, 4.69) is 22.5 Å². The third-order valence-electron chi connectivity index (χ3n) is 3.94. The molecule has 20 heavy (non-hydrogen) atoms. The van der Waals surface area contributed by atoms with Gasteiger partial charge in [-0.2, -0.15) is 0 Å². The van der Waals surface area contributed by atoms with Gasteiger partial charge in [0.2, 0.25) is 0 Å². The molecule has 0 bridgehead atoms. The van der Waals surface area contributed by atoms with Crippen LogP contribution in [0.3, 0.4) is 0 Å². The number of amides is 2. The average molecular weight is 277 g/mol. The van der Waals surface area contributed by atoms with Crippen molar-refractivity contribution < 1.29 is 9.90 Å². The molecule has 110 valence electrons. The van der Waals surface area contributed by atoms with Gasteiger partial charge in [0.1, 0.15) is 0 Å². The van der Waals surface area contributed by atoms with Crippen molar-refractivity contribution in [3.05, 3.63) is 24.3 Å². The zero-order valence-corrected chi connectivity index (χ0v) is 12.1. The van der Waals surface area contributed by atoms with E-state index in [1.807, 2.05) is 31.3 Å². The molecule has 2 rings (SSSR count). The maximum Gasteiger partial charge on any atom is 0.319 e. The molecule has 1 saturated carbocycles. The Balaban J connectivity index is 1.87. The Labute approximate surface area is 120 Å². The van der Waals surface area contributed by atoms with Crippen molar-refractivity contribution >= 4 is 17.4 Å². The summed E-state index contributed by atoms with van der Waals surface area (Å²) in [5, 5.41) is 14.9. The fourth-order valence-corrected chi connectivity index (χ4v) is 2.01. The molecule has 1 aliphatic carbocycles. The fraction of sp³-hybridized carbons (Fsp3) is 0.533. The Hall–Kier alpha value is -1.75. The standard InChI is InChI=1S/C15H23N3O2/c1-3-18(2)13-6-4-5-12(9-13)17-14(20)16-10-15(11-19)7-8-15/h4-6,9,19H,3,7-8,10-11H2,1-2H3,(H2,16,17,20). The minimum atomic E-state index is -0.221. The Kier molecular flexibility index (Phi) is 4.49. The topological polar surface area (TPSA) is 64.6 Å². The molecular formula is C15H23N3O2. The van der Waals surface area contributed by atoms with Gasteiger partial charge in [0.15, 0.2) is 0 Å². The lowest BCUT2D eigenvalue weighted by Crippen LogP contribution is -2.35. The molecule has 1 aromatic carbocycles. The Bertz CT molecular complexity index is 472. The highest BCUT2D eigenvalue weighted by atomic mass is 16.3. The van der Waals surface area contributed by atoms with E-state index in [-0.39, 0.29) is 18.1 Å². The normalized spacial score (nSPS) is 15.6. The van der Waals surface area contributed by atoms with Gasteiger partial charge in [-0.05, 0) is 38.0 Å². The van der Waals surface area contributed by atoms with Crippen molar-refractivity contribution in [1.29, 1.82) is 0 Å². The van der Waals surface area contributed by atoms with Crippen LogP contribution in [0.1, 0.15) is 19.8 Å². The monoisotopic (exact) mass is 277 g/mol. The molecule has 2 amide bonds. The quantitative estimate of drug-likeness (QED) is 0.745. The van der Waals surface area contributed by atoms with E-state index in [1.54, 1.807) is 0 Å². The van der Waals surface area contributed by atoms with Crippen LogP contribution in [0.2, 0.25) is 0 Å². The molecule has 0 radical (unpaired) electrons. The van der Waals surface area contributed by atoms with Crippen LogP contribution in [-0.4, -0.2) is 37.9 Å². The first kappa shape index (κ1) is 14.7. The lowest BCUT2D eigenvalue weighted by Gasteiger charge is -2.18. The van der Waals surface area contributed by atoms with Gasteiger partial charge in [0, 0.05) is 36.9 Å². The Morgan fingerprint density at radius 3 is 2.80 bits per heavy atom. The van der Waals surface area contributed by atoms with E-state index < -0.39 is 0 Å². The van der Waals surface area contributed by atoms with Gasteiger partial charge in [-0.3, -0.25) is 0 Å². The maximum absolute atomic E-state index is 11.8. The second kappa shape index (κ2) is 6.13. The molecule has 0 heterocycles. The number of nitrogens with zero attached hydrogens (tertiary/aromatic N) is 1. The molecule has 0 saturated heterocycles. The summed E-state index contributed by atoms with van der Waals surface area (Å²) in [6.07, 6.45) is 1.97. The molecule has 3 N–H and O–H groups in total. The number of carbonyl (C=O) groups excluding carboxylic acids is 1. The molecule has 1 aromatic rings. The number of hydrogen-bond donors (Lipinski definition) is 3. The number of anilines is 2. The second-order valence-electron chi connectivity index (χ2n) is 5.53. The lowest BCUT2D eigenvalue weighted by molar-refractivity contribution is 0.206. The molecule has 1 fully saturated rings. The molecule has 0 unspecified atom stereocenters. The van der Waals surface area contributed by atoms with E-state index in [0.29, 0.717) is 6.54 Å². The molecule has 1 aliphatic rings. The maximum atomic E-state index is 11.8. The largest absolute Gasteiger partial charge is 0.396 e. The third-order valence-corrected chi connectivity index (χ3v) is 3.94. The molecule has 0 atom stereocenters. The summed E-state index contributed by atoms with van der Waals surface area (Å²) in [6, 6.07) is 7.53. The number of aliphatic hydroxyl groups excluding tert-OH is 1. The average Bonchev–Trinajstić information content (AvgIpc) is 3.25. The Morgan fingerprint density at radius 1 is 1.45 bits per heavy atom. The summed E-state index contributed by atoms with van der Waals surface area (Å²) in [5.74, 6) is 0. The highest BCUT2D eigenvalue weighted by Gasteiger charge is 2.42. The molecule has 0 spiro atoms. The first-order valence-electron chi connectivity index (χ1n) is 7.05. The Morgan fingerprint density at radius 2 is 2.20 bits per heavy atom. The first-order chi connectivity index (χ1) is 9.58. The lowest BCUT2D eigenvalue weighted by atomic mass is 10.1. The first-order valence-corrected chi connectivity index (χ1v) is 7.05. The predicted octanol–water partition coefficient (Wildman–Crippen LogP) is 2.04. The SMILES string of the molecule is CCN(C)c1cccc(NC(=O)NCC2(CO)CC2)c1. The van der Waals surface area contributed by atoms with E-state index in [9.17, 15) is 9.90 Å². The minimum absolute atomic E-state index is 0.0678. The zero-order valence-electron chi connectivity index (χ0n) is 12.1. The van der Waals surface area contributed by atoms with Gasteiger partial charge in [-0.1, -0.05) is 6.07 Å².